The highest BCUT2D eigenvalue weighted by atomic mass is 32.1. The van der Waals surface area contributed by atoms with Gasteiger partial charge in [0.15, 0.2) is 0 Å². The second kappa shape index (κ2) is 5.91. The van der Waals surface area contributed by atoms with Gasteiger partial charge in [0.1, 0.15) is 4.88 Å². The normalized spacial score (nSPS) is 11.9. The van der Waals surface area contributed by atoms with Crippen LogP contribution in [0.5, 0.6) is 0 Å². The fourth-order valence-corrected chi connectivity index (χ4v) is 3.07. The minimum absolute atomic E-state index is 0.269. The summed E-state index contributed by atoms with van der Waals surface area (Å²) in [4.78, 5) is 11.8. The van der Waals surface area contributed by atoms with E-state index < -0.39 is 5.97 Å². The van der Waals surface area contributed by atoms with Crippen molar-refractivity contribution < 1.29 is 14.6 Å². The Labute approximate surface area is 122 Å². The molecule has 0 bridgehead atoms. The lowest BCUT2D eigenvalue weighted by atomic mass is 10.1. The molecule has 0 aliphatic heterocycles. The number of benzene rings is 1. The van der Waals surface area contributed by atoms with Crippen molar-refractivity contribution in [1.29, 1.82) is 0 Å². The summed E-state index contributed by atoms with van der Waals surface area (Å²) in [7, 11) is 1.67. The Morgan fingerprint density at radius 1 is 1.40 bits per heavy atom. The van der Waals surface area contributed by atoms with Gasteiger partial charge in [-0.2, -0.15) is 0 Å². The van der Waals surface area contributed by atoms with Gasteiger partial charge in [-0.15, -0.1) is 11.3 Å². The first-order valence-electron chi connectivity index (χ1n) is 6.44. The summed E-state index contributed by atoms with van der Waals surface area (Å²) >= 11 is 1.32. The van der Waals surface area contributed by atoms with Crippen molar-refractivity contribution in [1.82, 2.24) is 5.32 Å². The van der Waals surface area contributed by atoms with Crippen molar-refractivity contribution in [2.45, 2.75) is 26.0 Å². The maximum Gasteiger partial charge on any atom is 0.346 e. The highest BCUT2D eigenvalue weighted by Crippen LogP contribution is 2.31. The van der Waals surface area contributed by atoms with Crippen LogP contribution in [0, 0.1) is 0 Å². The van der Waals surface area contributed by atoms with E-state index in [-0.39, 0.29) is 5.60 Å². The Hall–Kier alpha value is -1.43. The number of thiophene rings is 1. The number of nitrogens with one attached hydrogen (secondary N) is 1. The van der Waals surface area contributed by atoms with Gasteiger partial charge >= 0.3 is 5.97 Å². The lowest BCUT2D eigenvalue weighted by molar-refractivity contribution is 0.0231. The van der Waals surface area contributed by atoms with Gasteiger partial charge in [-0.3, -0.25) is 0 Å². The van der Waals surface area contributed by atoms with E-state index in [1.807, 2.05) is 38.1 Å². The van der Waals surface area contributed by atoms with Crippen LogP contribution in [0.15, 0.2) is 24.3 Å². The molecule has 0 aliphatic rings. The minimum atomic E-state index is -0.867. The zero-order valence-electron chi connectivity index (χ0n) is 11.9. The number of aromatic carboxylic acids is 1. The van der Waals surface area contributed by atoms with Gasteiger partial charge in [0.25, 0.3) is 0 Å². The molecule has 1 aromatic carbocycles. The summed E-state index contributed by atoms with van der Waals surface area (Å²) in [6, 6.07) is 7.78. The molecule has 0 spiro atoms. The molecule has 0 atom stereocenters. The second-order valence-corrected chi connectivity index (χ2v) is 6.33. The fraction of sp³-hybridized carbons (Fsp3) is 0.400. The largest absolute Gasteiger partial charge is 0.477 e. The molecule has 5 heteroatoms. The fourth-order valence-electron chi connectivity index (χ4n) is 2.01. The van der Waals surface area contributed by atoms with Crippen LogP contribution in [0.2, 0.25) is 0 Å². The van der Waals surface area contributed by atoms with E-state index in [9.17, 15) is 9.90 Å². The molecule has 20 heavy (non-hydrogen) atoms. The van der Waals surface area contributed by atoms with Crippen LogP contribution in [0.25, 0.3) is 10.1 Å². The quantitative estimate of drug-likeness (QED) is 0.859. The van der Waals surface area contributed by atoms with E-state index in [1.54, 1.807) is 7.11 Å². The first-order chi connectivity index (χ1) is 9.44. The molecule has 108 valence electrons. The zero-order chi connectivity index (χ0) is 14.8. The Morgan fingerprint density at radius 2 is 2.10 bits per heavy atom. The SMILES string of the molecule is COC(C)(C)CNCc1c(C(=O)O)sc2ccccc12. The maximum atomic E-state index is 11.4. The molecule has 0 unspecified atom stereocenters. The molecule has 2 rings (SSSR count). The Kier molecular flexibility index (Phi) is 4.42. The van der Waals surface area contributed by atoms with E-state index in [0.717, 1.165) is 15.6 Å². The second-order valence-electron chi connectivity index (χ2n) is 5.28. The van der Waals surface area contributed by atoms with Gasteiger partial charge in [-0.1, -0.05) is 18.2 Å². The third-order valence-electron chi connectivity index (χ3n) is 3.30. The third kappa shape index (κ3) is 3.17. The van der Waals surface area contributed by atoms with E-state index >= 15 is 0 Å². The molecule has 4 nitrogen and oxygen atoms in total. The predicted octanol–water partition coefficient (Wildman–Crippen LogP) is 3.11. The molecule has 0 saturated carbocycles. The highest BCUT2D eigenvalue weighted by Gasteiger charge is 2.19. The smallest absolute Gasteiger partial charge is 0.346 e. The minimum Gasteiger partial charge on any atom is -0.477 e. The third-order valence-corrected chi connectivity index (χ3v) is 4.50. The first kappa shape index (κ1) is 15.0. The number of carboxylic acid groups (broad SMARTS) is 1. The summed E-state index contributed by atoms with van der Waals surface area (Å²) in [5.41, 5.74) is 0.583. The van der Waals surface area contributed by atoms with E-state index in [0.29, 0.717) is 18.0 Å². The van der Waals surface area contributed by atoms with Gasteiger partial charge < -0.3 is 15.2 Å². The molecule has 0 radical (unpaired) electrons. The van der Waals surface area contributed by atoms with Crippen molar-refractivity contribution in [2.75, 3.05) is 13.7 Å². The number of hydrogen-bond acceptors (Lipinski definition) is 4. The van der Waals surface area contributed by atoms with Crippen molar-refractivity contribution in [3.05, 3.63) is 34.7 Å². The van der Waals surface area contributed by atoms with Crippen molar-refractivity contribution in [3.8, 4) is 0 Å². The number of ether oxygens (including phenoxy) is 1. The van der Waals surface area contributed by atoms with E-state index in [4.69, 9.17) is 4.74 Å². The summed E-state index contributed by atoms with van der Waals surface area (Å²) in [5, 5.41) is 13.6. The van der Waals surface area contributed by atoms with Gasteiger partial charge in [0.2, 0.25) is 0 Å². The summed E-state index contributed by atoms with van der Waals surface area (Å²) in [5.74, 6) is -0.867. The number of rotatable bonds is 6. The Bertz CT molecular complexity index is 619. The first-order valence-corrected chi connectivity index (χ1v) is 7.26. The van der Waals surface area contributed by atoms with Crippen LogP contribution in [-0.2, 0) is 11.3 Å². The van der Waals surface area contributed by atoms with Gasteiger partial charge in [-0.05, 0) is 30.9 Å². The number of fused-ring (bicyclic) bond motifs is 1. The van der Waals surface area contributed by atoms with Crippen molar-refractivity contribution in [2.24, 2.45) is 0 Å². The molecular formula is C15H19NO3S. The van der Waals surface area contributed by atoms with E-state index in [2.05, 4.69) is 5.32 Å². The number of methoxy groups -OCH3 is 1. The van der Waals surface area contributed by atoms with Crippen LogP contribution < -0.4 is 5.32 Å². The maximum absolute atomic E-state index is 11.4. The van der Waals surface area contributed by atoms with Gasteiger partial charge in [-0.25, -0.2) is 4.79 Å². The molecule has 0 aliphatic carbocycles. The average molecular weight is 293 g/mol. The van der Waals surface area contributed by atoms with E-state index in [1.165, 1.54) is 11.3 Å². The highest BCUT2D eigenvalue weighted by molar-refractivity contribution is 7.21. The van der Waals surface area contributed by atoms with Crippen LogP contribution in [-0.4, -0.2) is 30.3 Å². The summed E-state index contributed by atoms with van der Waals surface area (Å²) < 4.78 is 6.35. The van der Waals surface area contributed by atoms with Gasteiger partial charge in [0, 0.05) is 24.9 Å². The number of carboxylic acids is 1. The average Bonchev–Trinajstić information content (AvgIpc) is 2.78. The summed E-state index contributed by atoms with van der Waals surface area (Å²) in [6.07, 6.45) is 0. The van der Waals surface area contributed by atoms with Crippen LogP contribution in [0.4, 0.5) is 0 Å². The predicted molar refractivity (Wildman–Crippen MR) is 81.6 cm³/mol. The molecule has 0 amide bonds. The molecular weight excluding hydrogens is 274 g/mol. The molecule has 1 heterocycles. The zero-order valence-corrected chi connectivity index (χ0v) is 12.7. The monoisotopic (exact) mass is 293 g/mol. The van der Waals surface area contributed by atoms with Crippen LogP contribution in [0.1, 0.15) is 29.1 Å². The molecule has 1 aromatic heterocycles. The number of hydrogen-bond donors (Lipinski definition) is 2. The standard InChI is InChI=1S/C15H19NO3S/c1-15(2,19-3)9-16-8-11-10-6-4-5-7-12(10)20-13(11)14(17)18/h4-7,16H,8-9H2,1-3H3,(H,17,18). The molecule has 0 saturated heterocycles. The Balaban J connectivity index is 2.24. The topological polar surface area (TPSA) is 58.6 Å². The van der Waals surface area contributed by atoms with Crippen LogP contribution in [0.3, 0.4) is 0 Å². The van der Waals surface area contributed by atoms with Crippen molar-refractivity contribution in [3.63, 3.8) is 0 Å². The van der Waals surface area contributed by atoms with Crippen LogP contribution >= 0.6 is 11.3 Å². The Morgan fingerprint density at radius 3 is 2.75 bits per heavy atom. The molecule has 0 fully saturated rings. The van der Waals surface area contributed by atoms with Gasteiger partial charge in [0.05, 0.1) is 5.60 Å². The number of carbonyl (C=O) groups is 1. The lowest BCUT2D eigenvalue weighted by Crippen LogP contribution is -2.36. The molecule has 2 N–H and O–H groups in total. The summed E-state index contributed by atoms with van der Waals surface area (Å²) in [6.45, 7) is 5.17. The molecule has 2 aromatic rings. The lowest BCUT2D eigenvalue weighted by Gasteiger charge is -2.23. The van der Waals surface area contributed by atoms with Crippen molar-refractivity contribution >= 4 is 27.4 Å².